The summed E-state index contributed by atoms with van der Waals surface area (Å²) < 4.78 is 5.43. The second kappa shape index (κ2) is 8.61. The maximum Gasteiger partial charge on any atom is 0.356 e. The molecule has 1 amide bonds. The Bertz CT molecular complexity index is 873. The number of cyclic esters (lactones) is 1. The molecule has 6 heteroatoms. The van der Waals surface area contributed by atoms with E-state index >= 15 is 0 Å². The zero-order valence-corrected chi connectivity index (χ0v) is 16.4. The Morgan fingerprint density at radius 3 is 2.46 bits per heavy atom. The van der Waals surface area contributed by atoms with Crippen LogP contribution in [0.4, 0.5) is 11.4 Å². The van der Waals surface area contributed by atoms with Crippen molar-refractivity contribution < 1.29 is 14.3 Å². The fourth-order valence-electron chi connectivity index (χ4n) is 3.05. The van der Waals surface area contributed by atoms with E-state index in [1.54, 1.807) is 18.2 Å². The molecule has 0 spiro atoms. The summed E-state index contributed by atoms with van der Waals surface area (Å²) in [6.45, 7) is 4.60. The van der Waals surface area contributed by atoms with Crippen LogP contribution in [0.2, 0.25) is 0 Å². The Hall–Kier alpha value is -3.28. The standard InChI is InChI=1S/C22H25N3O3/c1-4-13-25(3)19-11-5-16(6-12-19)14-20-22(27)28-21(24-20)17-7-9-18(10-8-17)23-15(2)26/h5-12,14,21,24H,4,13H2,1-3H3,(H,23,26)/b20-14+. The van der Waals surface area contributed by atoms with Crippen LogP contribution in [-0.2, 0) is 14.3 Å². The van der Waals surface area contributed by atoms with Gasteiger partial charge in [0.2, 0.25) is 5.91 Å². The molecule has 1 aliphatic heterocycles. The number of carbonyl (C=O) groups excluding carboxylic acids is 2. The van der Waals surface area contributed by atoms with Gasteiger partial charge in [-0.2, -0.15) is 0 Å². The third-order valence-electron chi connectivity index (χ3n) is 4.47. The van der Waals surface area contributed by atoms with Gasteiger partial charge in [-0.05, 0) is 42.3 Å². The molecular formula is C22H25N3O3. The highest BCUT2D eigenvalue weighted by atomic mass is 16.6. The molecule has 1 saturated heterocycles. The quantitative estimate of drug-likeness (QED) is 0.592. The SMILES string of the molecule is CCCN(C)c1ccc(/C=C2/NC(c3ccc(NC(C)=O)cc3)OC2=O)cc1. The van der Waals surface area contributed by atoms with E-state index in [1.807, 2.05) is 36.4 Å². The molecule has 0 aliphatic carbocycles. The van der Waals surface area contributed by atoms with E-state index in [4.69, 9.17) is 4.74 Å². The van der Waals surface area contributed by atoms with Crippen molar-refractivity contribution in [3.8, 4) is 0 Å². The second-order valence-corrected chi connectivity index (χ2v) is 6.80. The number of rotatable bonds is 6. The lowest BCUT2D eigenvalue weighted by atomic mass is 10.1. The van der Waals surface area contributed by atoms with Gasteiger partial charge in [-0.1, -0.05) is 31.2 Å². The average Bonchev–Trinajstić information content (AvgIpc) is 3.03. The lowest BCUT2D eigenvalue weighted by Gasteiger charge is -2.18. The molecule has 28 heavy (non-hydrogen) atoms. The second-order valence-electron chi connectivity index (χ2n) is 6.80. The van der Waals surface area contributed by atoms with Gasteiger partial charge in [-0.25, -0.2) is 4.79 Å². The first kappa shape index (κ1) is 19.5. The molecule has 0 radical (unpaired) electrons. The Morgan fingerprint density at radius 2 is 1.86 bits per heavy atom. The van der Waals surface area contributed by atoms with Gasteiger partial charge < -0.3 is 20.3 Å². The fourth-order valence-corrected chi connectivity index (χ4v) is 3.05. The first-order chi connectivity index (χ1) is 13.5. The summed E-state index contributed by atoms with van der Waals surface area (Å²) in [5.41, 5.74) is 4.00. The van der Waals surface area contributed by atoms with Crippen molar-refractivity contribution in [2.24, 2.45) is 0 Å². The van der Waals surface area contributed by atoms with Gasteiger partial charge in [0, 0.05) is 37.5 Å². The van der Waals surface area contributed by atoms with Crippen molar-refractivity contribution >= 4 is 29.3 Å². The number of amides is 1. The van der Waals surface area contributed by atoms with E-state index < -0.39 is 6.23 Å². The minimum Gasteiger partial charge on any atom is -0.433 e. The number of ether oxygens (including phenoxy) is 1. The monoisotopic (exact) mass is 379 g/mol. The molecule has 0 aromatic heterocycles. The van der Waals surface area contributed by atoms with Gasteiger partial charge >= 0.3 is 5.97 Å². The maximum absolute atomic E-state index is 12.2. The number of hydrogen-bond donors (Lipinski definition) is 2. The van der Waals surface area contributed by atoms with E-state index in [9.17, 15) is 9.59 Å². The highest BCUT2D eigenvalue weighted by Crippen LogP contribution is 2.26. The molecular weight excluding hydrogens is 354 g/mol. The van der Waals surface area contributed by atoms with Crippen LogP contribution in [0.5, 0.6) is 0 Å². The molecule has 6 nitrogen and oxygen atoms in total. The molecule has 0 bridgehead atoms. The van der Waals surface area contributed by atoms with Crippen molar-refractivity contribution in [2.45, 2.75) is 26.5 Å². The van der Waals surface area contributed by atoms with Crippen LogP contribution in [0.15, 0.2) is 54.2 Å². The van der Waals surface area contributed by atoms with Gasteiger partial charge in [0.25, 0.3) is 0 Å². The van der Waals surface area contributed by atoms with Crippen molar-refractivity contribution in [3.05, 3.63) is 65.4 Å². The van der Waals surface area contributed by atoms with E-state index in [-0.39, 0.29) is 11.9 Å². The maximum atomic E-state index is 12.2. The number of esters is 1. The summed E-state index contributed by atoms with van der Waals surface area (Å²) in [4.78, 5) is 25.5. The van der Waals surface area contributed by atoms with Crippen LogP contribution in [0.3, 0.4) is 0 Å². The number of nitrogens with one attached hydrogen (secondary N) is 2. The highest BCUT2D eigenvalue weighted by molar-refractivity contribution is 5.95. The molecule has 0 saturated carbocycles. The molecule has 1 fully saturated rings. The molecule has 2 N–H and O–H groups in total. The van der Waals surface area contributed by atoms with Crippen LogP contribution >= 0.6 is 0 Å². The Kier molecular flexibility index (Phi) is 5.99. The van der Waals surface area contributed by atoms with Crippen molar-refractivity contribution in [1.82, 2.24) is 5.32 Å². The van der Waals surface area contributed by atoms with Crippen molar-refractivity contribution in [2.75, 3.05) is 23.8 Å². The lowest BCUT2D eigenvalue weighted by Crippen LogP contribution is -2.17. The van der Waals surface area contributed by atoms with E-state index in [0.29, 0.717) is 11.4 Å². The number of anilines is 2. The zero-order chi connectivity index (χ0) is 20.1. The molecule has 1 aliphatic rings. The highest BCUT2D eigenvalue weighted by Gasteiger charge is 2.29. The third-order valence-corrected chi connectivity index (χ3v) is 4.47. The minimum atomic E-state index is -0.542. The summed E-state index contributed by atoms with van der Waals surface area (Å²) in [7, 11) is 2.06. The number of carbonyl (C=O) groups is 2. The summed E-state index contributed by atoms with van der Waals surface area (Å²) in [6, 6.07) is 15.2. The topological polar surface area (TPSA) is 70.7 Å². The van der Waals surface area contributed by atoms with Gasteiger partial charge in [0.05, 0.1) is 0 Å². The number of benzene rings is 2. The molecule has 2 aromatic carbocycles. The largest absolute Gasteiger partial charge is 0.433 e. The van der Waals surface area contributed by atoms with E-state index in [2.05, 4.69) is 29.5 Å². The predicted molar refractivity (Wildman–Crippen MR) is 111 cm³/mol. The molecule has 1 heterocycles. The van der Waals surface area contributed by atoms with Crippen molar-refractivity contribution in [3.63, 3.8) is 0 Å². The summed E-state index contributed by atoms with van der Waals surface area (Å²) >= 11 is 0. The molecule has 146 valence electrons. The molecule has 3 rings (SSSR count). The van der Waals surface area contributed by atoms with Crippen molar-refractivity contribution in [1.29, 1.82) is 0 Å². The van der Waals surface area contributed by atoms with Gasteiger partial charge in [0.1, 0.15) is 5.70 Å². The van der Waals surface area contributed by atoms with Crippen LogP contribution in [0.1, 0.15) is 37.6 Å². The summed E-state index contributed by atoms with van der Waals surface area (Å²) in [5, 5.41) is 5.83. The van der Waals surface area contributed by atoms with Crippen LogP contribution in [0, 0.1) is 0 Å². The molecule has 2 aromatic rings. The predicted octanol–water partition coefficient (Wildman–Crippen LogP) is 3.68. The summed E-state index contributed by atoms with van der Waals surface area (Å²) in [6.07, 6.45) is 2.34. The minimum absolute atomic E-state index is 0.129. The Balaban J connectivity index is 1.69. The first-order valence-electron chi connectivity index (χ1n) is 9.34. The third kappa shape index (κ3) is 4.71. The number of nitrogens with zero attached hydrogens (tertiary/aromatic N) is 1. The zero-order valence-electron chi connectivity index (χ0n) is 16.4. The normalized spacial score (nSPS) is 17.2. The first-order valence-corrected chi connectivity index (χ1v) is 9.34. The Labute approximate surface area is 165 Å². The van der Waals surface area contributed by atoms with Crippen LogP contribution in [0.25, 0.3) is 6.08 Å². The van der Waals surface area contributed by atoms with Crippen LogP contribution < -0.4 is 15.5 Å². The number of hydrogen-bond acceptors (Lipinski definition) is 5. The van der Waals surface area contributed by atoms with Gasteiger partial charge in [-0.3, -0.25) is 4.79 Å². The van der Waals surface area contributed by atoms with E-state index in [1.165, 1.54) is 6.92 Å². The average molecular weight is 379 g/mol. The van der Waals surface area contributed by atoms with Gasteiger partial charge in [-0.15, -0.1) is 0 Å². The summed E-state index contributed by atoms with van der Waals surface area (Å²) in [5.74, 6) is -0.515. The fraction of sp³-hybridized carbons (Fsp3) is 0.273. The van der Waals surface area contributed by atoms with E-state index in [0.717, 1.165) is 29.8 Å². The van der Waals surface area contributed by atoms with Gasteiger partial charge in [0.15, 0.2) is 6.23 Å². The van der Waals surface area contributed by atoms with Crippen LogP contribution in [-0.4, -0.2) is 25.5 Å². The lowest BCUT2D eigenvalue weighted by molar-refractivity contribution is -0.139. The molecule has 1 atom stereocenters. The Morgan fingerprint density at radius 1 is 1.18 bits per heavy atom. The smallest absolute Gasteiger partial charge is 0.356 e. The molecule has 1 unspecified atom stereocenters.